The number of hydrogen-bond donors (Lipinski definition) is 2. The zero-order valence-corrected chi connectivity index (χ0v) is 21.6. The van der Waals surface area contributed by atoms with E-state index in [0.717, 1.165) is 30.4 Å². The molecule has 1 aliphatic heterocycles. The summed E-state index contributed by atoms with van der Waals surface area (Å²) in [5.41, 5.74) is 1.58. The van der Waals surface area contributed by atoms with E-state index < -0.39 is 35.3 Å². The fourth-order valence-corrected chi connectivity index (χ4v) is 5.84. The second kappa shape index (κ2) is 10.4. The standard InChI is InChI=1S/C28H32ClN3O4/c1-17(2)22(28(27(35)36)15-7-4-8-16-28)25(33)31-24-26(34)32(3)21-10-6-5-9-20(21)23(30-24)18-11-13-19(29)14-12-18/h5-6,9-14,17,22,24H,4,7-8,15-16H2,1-3H3,(H,31,33)(H,35,36). The Morgan fingerprint density at radius 3 is 2.33 bits per heavy atom. The van der Waals surface area contributed by atoms with E-state index in [1.54, 1.807) is 19.2 Å². The zero-order valence-electron chi connectivity index (χ0n) is 20.8. The van der Waals surface area contributed by atoms with Crippen molar-refractivity contribution in [2.75, 3.05) is 11.9 Å². The lowest BCUT2D eigenvalue weighted by Crippen LogP contribution is -2.54. The van der Waals surface area contributed by atoms with Gasteiger partial charge in [-0.25, -0.2) is 4.99 Å². The number of nitrogens with zero attached hydrogens (tertiary/aromatic N) is 2. The first-order valence-electron chi connectivity index (χ1n) is 12.4. The zero-order chi connectivity index (χ0) is 26.0. The van der Waals surface area contributed by atoms with Crippen molar-refractivity contribution < 1.29 is 19.5 Å². The fourth-order valence-electron chi connectivity index (χ4n) is 5.71. The van der Waals surface area contributed by atoms with E-state index in [-0.39, 0.29) is 5.92 Å². The van der Waals surface area contributed by atoms with Gasteiger partial charge >= 0.3 is 5.97 Å². The second-order valence-electron chi connectivity index (χ2n) is 10.1. The van der Waals surface area contributed by atoms with Gasteiger partial charge in [-0.1, -0.05) is 75.0 Å². The van der Waals surface area contributed by atoms with E-state index in [2.05, 4.69) is 5.32 Å². The lowest BCUT2D eigenvalue weighted by Gasteiger charge is -2.41. The van der Waals surface area contributed by atoms with Crippen molar-refractivity contribution in [2.24, 2.45) is 22.2 Å². The number of nitrogens with one attached hydrogen (secondary N) is 1. The molecule has 7 nitrogen and oxygen atoms in total. The van der Waals surface area contributed by atoms with Gasteiger partial charge in [-0.05, 0) is 37.0 Å². The second-order valence-corrected chi connectivity index (χ2v) is 10.5. The average Bonchev–Trinajstić information content (AvgIpc) is 2.96. The maximum absolute atomic E-state index is 13.8. The van der Waals surface area contributed by atoms with Crippen LogP contribution in [-0.2, 0) is 14.4 Å². The van der Waals surface area contributed by atoms with Gasteiger partial charge in [-0.2, -0.15) is 0 Å². The summed E-state index contributed by atoms with van der Waals surface area (Å²) in [5.74, 6) is -2.80. The molecule has 8 heteroatoms. The Morgan fingerprint density at radius 1 is 1.08 bits per heavy atom. The number of aliphatic imine (C=N–C) groups is 1. The lowest BCUT2D eigenvalue weighted by molar-refractivity contribution is -0.162. The van der Waals surface area contributed by atoms with Crippen LogP contribution in [0.5, 0.6) is 0 Å². The molecule has 0 aromatic heterocycles. The number of likely N-dealkylation sites (N-methyl/N-ethyl adjacent to an activating group) is 1. The highest BCUT2D eigenvalue weighted by molar-refractivity contribution is 6.30. The first-order valence-corrected chi connectivity index (χ1v) is 12.8. The predicted molar refractivity (Wildman–Crippen MR) is 140 cm³/mol. The molecule has 0 bridgehead atoms. The van der Waals surface area contributed by atoms with Gasteiger partial charge in [0.15, 0.2) is 0 Å². The first-order chi connectivity index (χ1) is 17.2. The molecule has 2 amide bonds. The number of hydrogen-bond acceptors (Lipinski definition) is 4. The van der Waals surface area contributed by atoms with Gasteiger partial charge in [-0.3, -0.25) is 14.4 Å². The highest BCUT2D eigenvalue weighted by atomic mass is 35.5. The number of anilines is 1. The summed E-state index contributed by atoms with van der Waals surface area (Å²) in [6.07, 6.45) is 2.19. The molecule has 2 aromatic rings. The van der Waals surface area contributed by atoms with Crippen molar-refractivity contribution in [3.8, 4) is 0 Å². The van der Waals surface area contributed by atoms with Crippen LogP contribution >= 0.6 is 11.6 Å². The van der Waals surface area contributed by atoms with Crippen molar-refractivity contribution >= 4 is 40.8 Å². The van der Waals surface area contributed by atoms with Crippen LogP contribution in [-0.4, -0.2) is 41.8 Å². The number of para-hydroxylation sites is 1. The summed E-state index contributed by atoms with van der Waals surface area (Å²) in [6.45, 7) is 3.73. The maximum Gasteiger partial charge on any atom is 0.310 e. The number of aliphatic carboxylic acids is 1. The molecular formula is C28H32ClN3O4. The molecule has 2 N–H and O–H groups in total. The van der Waals surface area contributed by atoms with Gasteiger partial charge < -0.3 is 15.3 Å². The van der Waals surface area contributed by atoms with Crippen LogP contribution in [0.15, 0.2) is 53.5 Å². The fraction of sp³-hybridized carbons (Fsp3) is 0.429. The Labute approximate surface area is 216 Å². The monoisotopic (exact) mass is 509 g/mol. The molecule has 1 aliphatic carbocycles. The first kappa shape index (κ1) is 25.9. The van der Waals surface area contributed by atoms with E-state index in [1.807, 2.05) is 50.2 Å². The molecule has 4 rings (SSSR count). The Hall–Kier alpha value is -3.19. The summed E-state index contributed by atoms with van der Waals surface area (Å²) in [6, 6.07) is 14.6. The molecule has 36 heavy (non-hydrogen) atoms. The number of carbonyl (C=O) groups excluding carboxylic acids is 2. The highest BCUT2D eigenvalue weighted by Gasteiger charge is 2.51. The SMILES string of the molecule is CC(C)C(C(=O)NC1N=C(c2ccc(Cl)cc2)c2ccccc2N(C)C1=O)C1(C(=O)O)CCCCC1. The van der Waals surface area contributed by atoms with Gasteiger partial charge in [-0.15, -0.1) is 0 Å². The highest BCUT2D eigenvalue weighted by Crippen LogP contribution is 2.46. The molecule has 0 radical (unpaired) electrons. The van der Waals surface area contributed by atoms with Crippen LogP contribution in [0.2, 0.25) is 5.02 Å². The smallest absolute Gasteiger partial charge is 0.310 e. The van der Waals surface area contributed by atoms with Crippen molar-refractivity contribution in [3.05, 3.63) is 64.7 Å². The number of halogens is 1. The number of fused-ring (bicyclic) bond motifs is 1. The van der Waals surface area contributed by atoms with Crippen LogP contribution in [0.4, 0.5) is 5.69 Å². The van der Waals surface area contributed by atoms with Gasteiger partial charge in [0.2, 0.25) is 12.1 Å². The predicted octanol–water partition coefficient (Wildman–Crippen LogP) is 4.90. The average molecular weight is 510 g/mol. The summed E-state index contributed by atoms with van der Waals surface area (Å²) in [4.78, 5) is 46.0. The van der Waals surface area contributed by atoms with Crippen molar-refractivity contribution in [1.29, 1.82) is 0 Å². The lowest BCUT2D eigenvalue weighted by atomic mass is 9.62. The normalized spacial score (nSPS) is 20.2. The molecule has 1 heterocycles. The summed E-state index contributed by atoms with van der Waals surface area (Å²) in [7, 11) is 1.65. The topological polar surface area (TPSA) is 99.1 Å². The quantitative estimate of drug-likeness (QED) is 0.578. The van der Waals surface area contributed by atoms with E-state index in [4.69, 9.17) is 16.6 Å². The van der Waals surface area contributed by atoms with E-state index >= 15 is 0 Å². The van der Waals surface area contributed by atoms with E-state index in [9.17, 15) is 19.5 Å². The maximum atomic E-state index is 13.8. The third-order valence-corrected chi connectivity index (χ3v) is 7.71. The minimum absolute atomic E-state index is 0.227. The van der Waals surface area contributed by atoms with Crippen molar-refractivity contribution in [3.63, 3.8) is 0 Å². The molecule has 2 aromatic carbocycles. The van der Waals surface area contributed by atoms with Gasteiger partial charge in [0.1, 0.15) is 0 Å². The largest absolute Gasteiger partial charge is 0.481 e. The number of rotatable bonds is 6. The number of carboxylic acids is 1. The van der Waals surface area contributed by atoms with E-state index in [0.29, 0.717) is 29.3 Å². The molecule has 0 spiro atoms. The number of amides is 2. The van der Waals surface area contributed by atoms with Gasteiger partial charge in [0, 0.05) is 23.2 Å². The number of carbonyl (C=O) groups is 3. The molecule has 190 valence electrons. The summed E-state index contributed by atoms with van der Waals surface area (Å²) in [5, 5.41) is 13.7. The number of benzene rings is 2. The minimum Gasteiger partial charge on any atom is -0.481 e. The van der Waals surface area contributed by atoms with Crippen LogP contribution < -0.4 is 10.2 Å². The van der Waals surface area contributed by atoms with Crippen LogP contribution in [0.1, 0.15) is 57.1 Å². The molecule has 2 atom stereocenters. The van der Waals surface area contributed by atoms with Crippen molar-refractivity contribution in [2.45, 2.75) is 52.1 Å². The van der Waals surface area contributed by atoms with Crippen LogP contribution in [0.25, 0.3) is 0 Å². The van der Waals surface area contributed by atoms with Gasteiger partial charge in [0.05, 0.1) is 22.7 Å². The van der Waals surface area contributed by atoms with E-state index in [1.165, 1.54) is 4.90 Å². The molecule has 1 saturated carbocycles. The summed E-state index contributed by atoms with van der Waals surface area (Å²) >= 11 is 6.10. The third kappa shape index (κ3) is 4.76. The number of benzodiazepines with no additional fused rings is 1. The third-order valence-electron chi connectivity index (χ3n) is 7.46. The molecule has 2 aliphatic rings. The van der Waals surface area contributed by atoms with Crippen LogP contribution in [0.3, 0.4) is 0 Å². The summed E-state index contributed by atoms with van der Waals surface area (Å²) < 4.78 is 0. The Balaban J connectivity index is 1.76. The molecular weight excluding hydrogens is 478 g/mol. The molecule has 1 fully saturated rings. The Bertz CT molecular complexity index is 1190. The Morgan fingerprint density at radius 2 is 1.72 bits per heavy atom. The molecule has 0 saturated heterocycles. The Kier molecular flexibility index (Phi) is 7.50. The van der Waals surface area contributed by atoms with Crippen molar-refractivity contribution in [1.82, 2.24) is 5.32 Å². The minimum atomic E-state index is -1.20. The number of carboxylic acid groups (broad SMARTS) is 1. The van der Waals surface area contributed by atoms with Crippen LogP contribution in [0, 0.1) is 17.3 Å². The van der Waals surface area contributed by atoms with Gasteiger partial charge in [0.25, 0.3) is 5.91 Å². The molecule has 2 unspecified atom stereocenters.